The molecule has 0 aromatic carbocycles. The van der Waals surface area contributed by atoms with Crippen molar-refractivity contribution >= 4 is 12.2 Å². The van der Waals surface area contributed by atoms with Crippen molar-refractivity contribution in [1.82, 2.24) is 9.97 Å². The summed E-state index contributed by atoms with van der Waals surface area (Å²) in [6.45, 7) is 11.2. The van der Waals surface area contributed by atoms with Crippen molar-refractivity contribution in [3.8, 4) is 0 Å². The van der Waals surface area contributed by atoms with Gasteiger partial charge in [-0.3, -0.25) is 0 Å². The van der Waals surface area contributed by atoms with E-state index < -0.39 is 0 Å². The van der Waals surface area contributed by atoms with Gasteiger partial charge in [0.25, 0.3) is 0 Å². The summed E-state index contributed by atoms with van der Waals surface area (Å²) < 4.78 is 6.48. The van der Waals surface area contributed by atoms with Crippen LogP contribution in [-0.4, -0.2) is 16.6 Å². The largest absolute Gasteiger partial charge is 0.368 e. The van der Waals surface area contributed by atoms with Crippen molar-refractivity contribution in [1.29, 1.82) is 0 Å². The molecular weight excluding hydrogens is 244 g/mol. The Hall–Kier alpha value is -0.740. The van der Waals surface area contributed by atoms with Crippen LogP contribution in [0.3, 0.4) is 0 Å². The first-order valence-electron chi connectivity index (χ1n) is 6.66. The summed E-state index contributed by atoms with van der Waals surface area (Å²) in [6.07, 6.45) is 1.84. The highest BCUT2D eigenvalue weighted by atomic mass is 32.1. The lowest BCUT2D eigenvalue weighted by Gasteiger charge is -2.27. The molecule has 102 valence electrons. The van der Waals surface area contributed by atoms with Crippen LogP contribution in [0.1, 0.15) is 52.6 Å². The number of rotatable bonds is 6. The highest BCUT2D eigenvalue weighted by molar-refractivity contribution is 7.71. The fourth-order valence-corrected chi connectivity index (χ4v) is 2.20. The van der Waals surface area contributed by atoms with Crippen molar-refractivity contribution in [3.05, 3.63) is 22.2 Å². The predicted molar refractivity (Wildman–Crippen MR) is 77.2 cm³/mol. The van der Waals surface area contributed by atoms with Crippen LogP contribution in [0.15, 0.2) is 6.07 Å². The summed E-state index contributed by atoms with van der Waals surface area (Å²) in [5.74, 6) is 1.43. The Bertz CT molecular complexity index is 442. The molecule has 3 nitrogen and oxygen atoms in total. The fourth-order valence-electron chi connectivity index (χ4n) is 1.96. The smallest absolute Gasteiger partial charge is 0.139 e. The molecule has 0 aliphatic heterocycles. The van der Waals surface area contributed by atoms with Gasteiger partial charge in [-0.05, 0) is 38.7 Å². The van der Waals surface area contributed by atoms with Crippen molar-refractivity contribution in [3.63, 3.8) is 0 Å². The van der Waals surface area contributed by atoms with E-state index in [1.54, 1.807) is 0 Å². The molecule has 0 spiro atoms. The first kappa shape index (κ1) is 15.3. The Morgan fingerprint density at radius 3 is 2.61 bits per heavy atom. The van der Waals surface area contributed by atoms with E-state index >= 15 is 0 Å². The lowest BCUT2D eigenvalue weighted by molar-refractivity contribution is -0.0392. The van der Waals surface area contributed by atoms with Crippen molar-refractivity contribution in [2.75, 3.05) is 6.61 Å². The van der Waals surface area contributed by atoms with Crippen molar-refractivity contribution in [2.45, 2.75) is 53.1 Å². The second kappa shape index (κ2) is 6.43. The SMILES string of the molecule is CCOC(C)(CC)c1nc(=S)cc(CC(C)C)[nH]1. The molecule has 0 saturated heterocycles. The zero-order chi connectivity index (χ0) is 13.8. The molecule has 1 heterocycles. The third-order valence-electron chi connectivity index (χ3n) is 3.07. The quantitative estimate of drug-likeness (QED) is 0.792. The average Bonchev–Trinajstić information content (AvgIpc) is 2.27. The number of hydrogen-bond donors (Lipinski definition) is 1. The Labute approximate surface area is 115 Å². The minimum Gasteiger partial charge on any atom is -0.368 e. The van der Waals surface area contributed by atoms with Gasteiger partial charge in [0.1, 0.15) is 16.1 Å². The van der Waals surface area contributed by atoms with Crippen LogP contribution in [0.25, 0.3) is 0 Å². The standard InChI is InChI=1S/C14H24N2OS/c1-6-14(5,17-7-2)13-15-11(8-10(3)4)9-12(18)16-13/h9-10H,6-8H2,1-5H3,(H,15,16,18). The Balaban J connectivity index is 3.15. The molecule has 1 aromatic heterocycles. The van der Waals surface area contributed by atoms with Gasteiger partial charge in [0, 0.05) is 12.3 Å². The van der Waals surface area contributed by atoms with Crippen molar-refractivity contribution in [2.24, 2.45) is 5.92 Å². The molecule has 0 aliphatic rings. The van der Waals surface area contributed by atoms with Crippen LogP contribution in [-0.2, 0) is 16.8 Å². The monoisotopic (exact) mass is 268 g/mol. The van der Waals surface area contributed by atoms with Gasteiger partial charge >= 0.3 is 0 Å². The van der Waals surface area contributed by atoms with E-state index in [9.17, 15) is 0 Å². The molecule has 0 aliphatic carbocycles. The summed E-state index contributed by atoms with van der Waals surface area (Å²) in [5.41, 5.74) is 0.759. The van der Waals surface area contributed by atoms with Gasteiger partial charge in [0.2, 0.25) is 0 Å². The molecule has 18 heavy (non-hydrogen) atoms. The maximum Gasteiger partial charge on any atom is 0.139 e. The van der Waals surface area contributed by atoms with Crippen LogP contribution in [0, 0.1) is 10.6 Å². The molecule has 1 atom stereocenters. The van der Waals surface area contributed by atoms with Gasteiger partial charge in [0.05, 0.1) is 0 Å². The van der Waals surface area contributed by atoms with Gasteiger partial charge in [-0.2, -0.15) is 0 Å². The molecule has 0 saturated carbocycles. The van der Waals surface area contributed by atoms with Gasteiger partial charge in [-0.15, -0.1) is 0 Å². The highest BCUT2D eigenvalue weighted by Gasteiger charge is 2.27. The normalized spacial score (nSPS) is 14.8. The zero-order valence-corrected chi connectivity index (χ0v) is 12.9. The molecule has 1 N–H and O–H groups in total. The zero-order valence-electron chi connectivity index (χ0n) is 12.0. The summed E-state index contributed by atoms with van der Waals surface area (Å²) >= 11 is 5.25. The first-order chi connectivity index (χ1) is 8.41. The van der Waals surface area contributed by atoms with Gasteiger partial charge in [-0.25, -0.2) is 4.98 Å². The van der Waals surface area contributed by atoms with Gasteiger partial charge in [0.15, 0.2) is 0 Å². The number of nitrogens with zero attached hydrogens (tertiary/aromatic N) is 1. The maximum atomic E-state index is 5.84. The average molecular weight is 268 g/mol. The number of aromatic nitrogens is 2. The van der Waals surface area contributed by atoms with Gasteiger partial charge in [-0.1, -0.05) is 33.0 Å². The molecule has 0 fully saturated rings. The maximum absolute atomic E-state index is 5.84. The topological polar surface area (TPSA) is 37.9 Å². The second-order valence-corrected chi connectivity index (χ2v) is 5.63. The minimum absolute atomic E-state index is 0.380. The summed E-state index contributed by atoms with van der Waals surface area (Å²) in [7, 11) is 0. The van der Waals surface area contributed by atoms with E-state index in [2.05, 4.69) is 37.7 Å². The number of ether oxygens (including phenoxy) is 1. The summed E-state index contributed by atoms with van der Waals surface area (Å²) in [4.78, 5) is 7.83. The predicted octanol–water partition coefficient (Wildman–Crippen LogP) is 4.00. The third kappa shape index (κ3) is 3.89. The van der Waals surface area contributed by atoms with Crippen LogP contribution in [0.4, 0.5) is 0 Å². The first-order valence-corrected chi connectivity index (χ1v) is 7.06. The van der Waals surface area contributed by atoms with E-state index in [1.807, 2.05) is 13.0 Å². The number of nitrogens with one attached hydrogen (secondary N) is 1. The van der Waals surface area contributed by atoms with E-state index in [0.717, 1.165) is 24.4 Å². The molecule has 1 aromatic rings. The number of aromatic amines is 1. The summed E-state index contributed by atoms with van der Waals surface area (Å²) in [6, 6.07) is 1.95. The lowest BCUT2D eigenvalue weighted by atomic mass is 10.0. The van der Waals surface area contributed by atoms with E-state index in [1.165, 1.54) is 0 Å². The van der Waals surface area contributed by atoms with Crippen LogP contribution >= 0.6 is 12.2 Å². The number of H-pyrrole nitrogens is 1. The molecule has 0 bridgehead atoms. The lowest BCUT2D eigenvalue weighted by Crippen LogP contribution is -2.28. The van der Waals surface area contributed by atoms with Crippen LogP contribution in [0.5, 0.6) is 0 Å². The molecular formula is C14H24N2OS. The molecule has 4 heteroatoms. The van der Waals surface area contributed by atoms with E-state index in [4.69, 9.17) is 17.0 Å². The second-order valence-electron chi connectivity index (χ2n) is 5.21. The van der Waals surface area contributed by atoms with Crippen LogP contribution in [0.2, 0.25) is 0 Å². The Kier molecular flexibility index (Phi) is 5.47. The van der Waals surface area contributed by atoms with E-state index in [-0.39, 0.29) is 5.60 Å². The highest BCUT2D eigenvalue weighted by Crippen LogP contribution is 2.26. The third-order valence-corrected chi connectivity index (χ3v) is 3.27. The van der Waals surface area contributed by atoms with E-state index in [0.29, 0.717) is 17.2 Å². The molecule has 0 amide bonds. The van der Waals surface area contributed by atoms with Crippen LogP contribution < -0.4 is 0 Å². The fraction of sp³-hybridized carbons (Fsp3) is 0.714. The summed E-state index contributed by atoms with van der Waals surface area (Å²) in [5, 5.41) is 0. The molecule has 1 unspecified atom stereocenters. The molecule has 1 rings (SSSR count). The van der Waals surface area contributed by atoms with Crippen molar-refractivity contribution < 1.29 is 4.74 Å². The number of hydrogen-bond acceptors (Lipinski definition) is 3. The minimum atomic E-state index is -0.380. The van der Waals surface area contributed by atoms with Gasteiger partial charge < -0.3 is 9.72 Å². The Morgan fingerprint density at radius 2 is 2.11 bits per heavy atom. The Morgan fingerprint density at radius 1 is 1.44 bits per heavy atom. The molecule has 0 radical (unpaired) electrons.